The second kappa shape index (κ2) is 8.12. The lowest BCUT2D eigenvalue weighted by molar-refractivity contribution is -0.0718. The van der Waals surface area contributed by atoms with Gasteiger partial charge in [-0.25, -0.2) is 17.6 Å². The molecule has 0 spiro atoms. The fraction of sp³-hybridized carbons (Fsp3) is 0.381. The van der Waals surface area contributed by atoms with E-state index in [1.807, 2.05) is 6.92 Å². The molecule has 1 unspecified atom stereocenters. The number of amides is 1. The topological polar surface area (TPSA) is 83.9 Å². The standard InChI is InChI=1S/C21H24FNO5S/c1-15(16-3-9-19(10-4-16)29(2,26)27)23-13-11-21(12-14-24,28-20(23)25)17-5-7-18(22)8-6-17/h3-10,15,24H,11-14H2,1-2H3/t15-,21?/m0/s1. The highest BCUT2D eigenvalue weighted by atomic mass is 32.2. The van der Waals surface area contributed by atoms with Gasteiger partial charge in [0.05, 0.1) is 10.9 Å². The van der Waals surface area contributed by atoms with Crippen LogP contribution in [-0.2, 0) is 20.2 Å². The first kappa shape index (κ1) is 21.3. The quantitative estimate of drug-likeness (QED) is 0.773. The monoisotopic (exact) mass is 421 g/mol. The van der Waals surface area contributed by atoms with E-state index in [4.69, 9.17) is 4.74 Å². The number of aliphatic hydroxyl groups is 1. The third-order valence-corrected chi connectivity index (χ3v) is 6.55. The summed E-state index contributed by atoms with van der Waals surface area (Å²) in [5.41, 5.74) is 0.424. The number of benzene rings is 2. The third-order valence-electron chi connectivity index (χ3n) is 5.42. The Labute approximate surface area is 169 Å². The molecule has 1 heterocycles. The molecule has 8 heteroatoms. The zero-order valence-corrected chi connectivity index (χ0v) is 17.2. The molecule has 1 N–H and O–H groups in total. The Bertz CT molecular complexity index is 975. The van der Waals surface area contributed by atoms with Crippen molar-refractivity contribution >= 4 is 15.9 Å². The fourth-order valence-electron chi connectivity index (χ4n) is 3.65. The van der Waals surface area contributed by atoms with Crippen LogP contribution in [0.25, 0.3) is 0 Å². The number of hydrogen-bond acceptors (Lipinski definition) is 5. The van der Waals surface area contributed by atoms with Crippen LogP contribution in [0.5, 0.6) is 0 Å². The third kappa shape index (κ3) is 4.43. The molecule has 1 aliphatic rings. The second-order valence-electron chi connectivity index (χ2n) is 7.30. The maximum absolute atomic E-state index is 13.3. The number of sulfone groups is 1. The summed E-state index contributed by atoms with van der Waals surface area (Å²) in [5.74, 6) is -0.386. The van der Waals surface area contributed by atoms with Crippen LogP contribution >= 0.6 is 0 Å². The summed E-state index contributed by atoms with van der Waals surface area (Å²) >= 11 is 0. The average molecular weight is 421 g/mol. The maximum Gasteiger partial charge on any atom is 0.411 e. The number of nitrogens with zero attached hydrogens (tertiary/aromatic N) is 1. The molecule has 1 amide bonds. The predicted octanol–water partition coefficient (Wildman–Crippen LogP) is 3.41. The predicted molar refractivity (Wildman–Crippen MR) is 106 cm³/mol. The molecule has 3 rings (SSSR count). The number of ether oxygens (including phenoxy) is 1. The Morgan fingerprint density at radius 3 is 2.31 bits per heavy atom. The number of cyclic esters (lactones) is 1. The number of carbonyl (C=O) groups is 1. The van der Waals surface area contributed by atoms with Crippen LogP contribution < -0.4 is 0 Å². The molecule has 1 aliphatic heterocycles. The summed E-state index contributed by atoms with van der Waals surface area (Å²) in [6.45, 7) is 2.05. The highest BCUT2D eigenvalue weighted by Crippen LogP contribution is 2.39. The van der Waals surface area contributed by atoms with Gasteiger partial charge < -0.3 is 14.7 Å². The summed E-state index contributed by atoms with van der Waals surface area (Å²) in [6.07, 6.45) is 1.27. The van der Waals surface area contributed by atoms with Gasteiger partial charge in [0.15, 0.2) is 9.84 Å². The van der Waals surface area contributed by atoms with Gasteiger partial charge in [0.1, 0.15) is 11.4 Å². The van der Waals surface area contributed by atoms with Gasteiger partial charge in [0.25, 0.3) is 0 Å². The Kier molecular flexibility index (Phi) is 5.95. The number of halogens is 1. The van der Waals surface area contributed by atoms with Crippen LogP contribution in [0.1, 0.15) is 36.9 Å². The van der Waals surface area contributed by atoms with Gasteiger partial charge in [-0.05, 0) is 42.3 Å². The molecule has 29 heavy (non-hydrogen) atoms. The van der Waals surface area contributed by atoms with Gasteiger partial charge in [-0.15, -0.1) is 0 Å². The van der Waals surface area contributed by atoms with Crippen molar-refractivity contribution in [1.82, 2.24) is 4.90 Å². The second-order valence-corrected chi connectivity index (χ2v) is 9.32. The smallest absolute Gasteiger partial charge is 0.411 e. The lowest BCUT2D eigenvalue weighted by Gasteiger charge is -2.43. The van der Waals surface area contributed by atoms with E-state index in [-0.39, 0.29) is 29.8 Å². The van der Waals surface area contributed by atoms with E-state index in [2.05, 4.69) is 0 Å². The van der Waals surface area contributed by atoms with Crippen LogP contribution in [-0.4, -0.2) is 43.9 Å². The van der Waals surface area contributed by atoms with Crippen molar-refractivity contribution in [3.05, 3.63) is 65.5 Å². The summed E-state index contributed by atoms with van der Waals surface area (Å²) in [6, 6.07) is 11.8. The van der Waals surface area contributed by atoms with Crippen molar-refractivity contribution in [2.75, 3.05) is 19.4 Å². The Morgan fingerprint density at radius 2 is 1.79 bits per heavy atom. The first-order chi connectivity index (χ1) is 13.7. The molecule has 2 aromatic carbocycles. The van der Waals surface area contributed by atoms with E-state index >= 15 is 0 Å². The zero-order chi connectivity index (χ0) is 21.2. The Morgan fingerprint density at radius 1 is 1.17 bits per heavy atom. The van der Waals surface area contributed by atoms with Gasteiger partial charge in [-0.2, -0.15) is 0 Å². The molecule has 1 fully saturated rings. The minimum atomic E-state index is -3.29. The normalized spacial score (nSPS) is 21.0. The molecule has 156 valence electrons. The highest BCUT2D eigenvalue weighted by molar-refractivity contribution is 7.90. The van der Waals surface area contributed by atoms with Crippen molar-refractivity contribution in [1.29, 1.82) is 0 Å². The Balaban J connectivity index is 1.81. The summed E-state index contributed by atoms with van der Waals surface area (Å²) in [5, 5.41) is 9.50. The van der Waals surface area contributed by atoms with E-state index < -0.39 is 21.5 Å². The van der Waals surface area contributed by atoms with Gasteiger partial charge in [-0.3, -0.25) is 0 Å². The van der Waals surface area contributed by atoms with Gasteiger partial charge >= 0.3 is 6.09 Å². The number of aliphatic hydroxyl groups excluding tert-OH is 1. The van der Waals surface area contributed by atoms with E-state index in [0.29, 0.717) is 18.5 Å². The summed E-state index contributed by atoms with van der Waals surface area (Å²) < 4.78 is 42.3. The first-order valence-electron chi connectivity index (χ1n) is 9.33. The van der Waals surface area contributed by atoms with E-state index in [0.717, 1.165) is 11.8 Å². The number of rotatable bonds is 6. The zero-order valence-electron chi connectivity index (χ0n) is 16.3. The van der Waals surface area contributed by atoms with Gasteiger partial charge in [0, 0.05) is 32.2 Å². The van der Waals surface area contributed by atoms with Crippen LogP contribution in [0.15, 0.2) is 53.4 Å². The van der Waals surface area contributed by atoms with Crippen molar-refractivity contribution in [3.8, 4) is 0 Å². The lowest BCUT2D eigenvalue weighted by Crippen LogP contribution is -2.49. The molecule has 6 nitrogen and oxygen atoms in total. The van der Waals surface area contributed by atoms with Crippen molar-refractivity contribution in [2.45, 2.75) is 36.3 Å². The summed E-state index contributed by atoms with van der Waals surface area (Å²) in [4.78, 5) is 14.6. The molecule has 0 saturated carbocycles. The first-order valence-corrected chi connectivity index (χ1v) is 11.2. The molecule has 0 aromatic heterocycles. The number of hydrogen-bond donors (Lipinski definition) is 1. The minimum Gasteiger partial charge on any atom is -0.438 e. The Hall–Kier alpha value is -2.45. The molecular formula is C21H24FNO5S. The molecular weight excluding hydrogens is 397 g/mol. The molecule has 0 radical (unpaired) electrons. The van der Waals surface area contributed by atoms with Crippen molar-refractivity contribution in [3.63, 3.8) is 0 Å². The average Bonchev–Trinajstić information content (AvgIpc) is 2.68. The largest absolute Gasteiger partial charge is 0.438 e. The van der Waals surface area contributed by atoms with E-state index in [9.17, 15) is 22.7 Å². The van der Waals surface area contributed by atoms with Gasteiger partial charge in [-0.1, -0.05) is 24.3 Å². The van der Waals surface area contributed by atoms with Crippen LogP contribution in [0.2, 0.25) is 0 Å². The summed E-state index contributed by atoms with van der Waals surface area (Å²) in [7, 11) is -3.29. The maximum atomic E-state index is 13.3. The van der Waals surface area contributed by atoms with Crippen LogP contribution in [0.3, 0.4) is 0 Å². The highest BCUT2D eigenvalue weighted by Gasteiger charge is 2.43. The molecule has 2 aromatic rings. The van der Waals surface area contributed by atoms with Crippen LogP contribution in [0, 0.1) is 5.82 Å². The molecule has 2 atom stereocenters. The lowest BCUT2D eigenvalue weighted by atomic mass is 9.85. The molecule has 0 bridgehead atoms. The fourth-order valence-corrected chi connectivity index (χ4v) is 4.28. The SMILES string of the molecule is C[C@@H](c1ccc(S(C)(=O)=O)cc1)N1CCC(CCO)(c2ccc(F)cc2)OC1=O. The van der Waals surface area contributed by atoms with Crippen molar-refractivity contribution < 1.29 is 27.4 Å². The van der Waals surface area contributed by atoms with Crippen LogP contribution in [0.4, 0.5) is 9.18 Å². The minimum absolute atomic E-state index is 0.173. The number of carbonyl (C=O) groups excluding carboxylic acids is 1. The molecule has 0 aliphatic carbocycles. The van der Waals surface area contributed by atoms with E-state index in [1.165, 1.54) is 24.3 Å². The molecule has 1 saturated heterocycles. The van der Waals surface area contributed by atoms with E-state index in [1.54, 1.807) is 29.2 Å². The van der Waals surface area contributed by atoms with Gasteiger partial charge in [0.2, 0.25) is 0 Å². The van der Waals surface area contributed by atoms with Crippen molar-refractivity contribution in [2.24, 2.45) is 0 Å².